The van der Waals surface area contributed by atoms with Gasteiger partial charge in [-0.05, 0) is 56.4 Å². The second-order valence-electron chi connectivity index (χ2n) is 5.60. The summed E-state index contributed by atoms with van der Waals surface area (Å²) in [7, 11) is 1.78. The van der Waals surface area contributed by atoms with Crippen molar-refractivity contribution in [2.75, 3.05) is 26.8 Å². The Bertz CT molecular complexity index is 212. The van der Waals surface area contributed by atoms with Gasteiger partial charge in [0.2, 0.25) is 0 Å². The first-order valence-corrected chi connectivity index (χ1v) is 6.73. The maximum Gasteiger partial charge on any atom is 0.0615 e. The molecule has 94 valence electrons. The number of hydrogen-bond donors (Lipinski definition) is 2. The highest BCUT2D eigenvalue weighted by atomic mass is 16.5. The smallest absolute Gasteiger partial charge is 0.0615 e. The molecule has 2 aliphatic carbocycles. The van der Waals surface area contributed by atoms with Gasteiger partial charge in [-0.15, -0.1) is 0 Å². The van der Waals surface area contributed by atoms with Crippen molar-refractivity contribution >= 4 is 0 Å². The molecule has 0 spiro atoms. The van der Waals surface area contributed by atoms with Crippen molar-refractivity contribution in [2.24, 2.45) is 17.1 Å². The Labute approximate surface area is 99.1 Å². The number of ether oxygens (including phenoxy) is 1. The summed E-state index contributed by atoms with van der Waals surface area (Å²) in [6, 6.07) is 0.504. The van der Waals surface area contributed by atoms with Gasteiger partial charge in [0.25, 0.3) is 0 Å². The minimum absolute atomic E-state index is 0.504. The molecule has 0 aromatic carbocycles. The minimum Gasteiger partial charge on any atom is -0.383 e. The minimum atomic E-state index is 0.504. The Morgan fingerprint density at radius 1 is 1.44 bits per heavy atom. The highest BCUT2D eigenvalue weighted by molar-refractivity contribution is 5.05. The molecule has 2 aliphatic rings. The molecule has 0 aromatic heterocycles. The van der Waals surface area contributed by atoms with Crippen LogP contribution in [0.4, 0.5) is 0 Å². The van der Waals surface area contributed by atoms with E-state index in [-0.39, 0.29) is 0 Å². The van der Waals surface area contributed by atoms with Crippen LogP contribution < -0.4 is 11.1 Å². The molecule has 16 heavy (non-hydrogen) atoms. The third-order valence-electron chi connectivity index (χ3n) is 4.20. The van der Waals surface area contributed by atoms with E-state index >= 15 is 0 Å². The van der Waals surface area contributed by atoms with E-state index in [1.165, 1.54) is 32.2 Å². The lowest BCUT2D eigenvalue weighted by Gasteiger charge is -2.22. The second kappa shape index (κ2) is 5.48. The molecule has 1 unspecified atom stereocenters. The molecular weight excluding hydrogens is 200 g/mol. The number of methoxy groups -OCH3 is 1. The van der Waals surface area contributed by atoms with Gasteiger partial charge in [-0.25, -0.2) is 0 Å². The summed E-state index contributed by atoms with van der Waals surface area (Å²) < 4.78 is 5.26. The van der Waals surface area contributed by atoms with E-state index in [0.29, 0.717) is 11.5 Å². The van der Waals surface area contributed by atoms with Crippen molar-refractivity contribution in [1.29, 1.82) is 0 Å². The average molecular weight is 226 g/mol. The van der Waals surface area contributed by atoms with Gasteiger partial charge in [0.15, 0.2) is 0 Å². The van der Waals surface area contributed by atoms with Crippen LogP contribution in [-0.4, -0.2) is 32.8 Å². The van der Waals surface area contributed by atoms with Gasteiger partial charge in [0.05, 0.1) is 6.61 Å². The lowest BCUT2D eigenvalue weighted by atomic mass is 10.00. The summed E-state index contributed by atoms with van der Waals surface area (Å²) in [5, 5.41) is 3.70. The normalized spacial score (nSPS) is 24.4. The maximum atomic E-state index is 5.56. The van der Waals surface area contributed by atoms with Crippen LogP contribution in [0.3, 0.4) is 0 Å². The molecule has 0 aliphatic heterocycles. The van der Waals surface area contributed by atoms with Crippen LogP contribution >= 0.6 is 0 Å². The van der Waals surface area contributed by atoms with Crippen molar-refractivity contribution in [1.82, 2.24) is 5.32 Å². The first kappa shape index (κ1) is 12.3. The van der Waals surface area contributed by atoms with Gasteiger partial charge < -0.3 is 15.8 Å². The molecule has 3 N–H and O–H groups in total. The van der Waals surface area contributed by atoms with E-state index in [9.17, 15) is 0 Å². The molecule has 0 heterocycles. The first-order valence-electron chi connectivity index (χ1n) is 6.73. The van der Waals surface area contributed by atoms with Gasteiger partial charge in [-0.2, -0.15) is 0 Å². The largest absolute Gasteiger partial charge is 0.383 e. The molecule has 2 saturated carbocycles. The molecule has 0 bridgehead atoms. The number of nitrogens with one attached hydrogen (secondary N) is 1. The standard InChI is InChI=1S/C13H26N2O/c1-16-9-12(3-2-8-14)15-10-13(6-7-13)11-4-5-11/h11-12,15H,2-10,14H2,1H3. The summed E-state index contributed by atoms with van der Waals surface area (Å²) in [5.74, 6) is 1.04. The monoisotopic (exact) mass is 226 g/mol. The third kappa shape index (κ3) is 3.19. The van der Waals surface area contributed by atoms with Gasteiger partial charge in [0, 0.05) is 19.7 Å². The van der Waals surface area contributed by atoms with Gasteiger partial charge in [-0.1, -0.05) is 0 Å². The van der Waals surface area contributed by atoms with Crippen molar-refractivity contribution in [3.63, 3.8) is 0 Å². The number of hydrogen-bond acceptors (Lipinski definition) is 3. The quantitative estimate of drug-likeness (QED) is 0.626. The van der Waals surface area contributed by atoms with Crippen LogP contribution in [0, 0.1) is 11.3 Å². The molecule has 0 aromatic rings. The van der Waals surface area contributed by atoms with E-state index in [1.54, 1.807) is 7.11 Å². The Hall–Kier alpha value is -0.120. The molecule has 0 amide bonds. The van der Waals surface area contributed by atoms with Crippen LogP contribution in [0.2, 0.25) is 0 Å². The molecule has 1 atom stereocenters. The molecule has 3 nitrogen and oxygen atoms in total. The molecule has 2 fully saturated rings. The molecule has 0 saturated heterocycles. The van der Waals surface area contributed by atoms with Gasteiger partial charge in [0.1, 0.15) is 0 Å². The Balaban J connectivity index is 1.68. The predicted octanol–water partition coefficient (Wildman–Crippen LogP) is 1.52. The molecule has 2 rings (SSSR count). The Kier molecular flexibility index (Phi) is 4.22. The van der Waals surface area contributed by atoms with E-state index in [2.05, 4.69) is 5.32 Å². The summed E-state index contributed by atoms with van der Waals surface area (Å²) >= 11 is 0. The van der Waals surface area contributed by atoms with Crippen molar-refractivity contribution in [3.05, 3.63) is 0 Å². The van der Waals surface area contributed by atoms with Crippen molar-refractivity contribution in [3.8, 4) is 0 Å². The van der Waals surface area contributed by atoms with Gasteiger partial charge >= 0.3 is 0 Å². The maximum absolute atomic E-state index is 5.56. The lowest BCUT2D eigenvalue weighted by Crippen LogP contribution is -2.38. The SMILES string of the molecule is COCC(CCCN)NCC1(C2CC2)CC1. The highest BCUT2D eigenvalue weighted by Crippen LogP contribution is 2.60. The first-order chi connectivity index (χ1) is 7.80. The fraction of sp³-hybridized carbons (Fsp3) is 1.00. The Morgan fingerprint density at radius 3 is 2.69 bits per heavy atom. The van der Waals surface area contributed by atoms with Crippen LogP contribution in [0.5, 0.6) is 0 Å². The van der Waals surface area contributed by atoms with Crippen LogP contribution in [0.25, 0.3) is 0 Å². The molecular formula is C13H26N2O. The third-order valence-corrected chi connectivity index (χ3v) is 4.20. The van der Waals surface area contributed by atoms with Crippen LogP contribution in [0.1, 0.15) is 38.5 Å². The number of nitrogens with two attached hydrogens (primary N) is 1. The molecule has 3 heteroatoms. The van der Waals surface area contributed by atoms with E-state index in [4.69, 9.17) is 10.5 Å². The van der Waals surface area contributed by atoms with E-state index in [0.717, 1.165) is 31.9 Å². The topological polar surface area (TPSA) is 47.3 Å². The second-order valence-corrected chi connectivity index (χ2v) is 5.60. The lowest BCUT2D eigenvalue weighted by molar-refractivity contribution is 0.157. The predicted molar refractivity (Wildman–Crippen MR) is 66.3 cm³/mol. The summed E-state index contributed by atoms with van der Waals surface area (Å²) in [5.41, 5.74) is 6.25. The zero-order valence-electron chi connectivity index (χ0n) is 10.5. The van der Waals surface area contributed by atoms with Crippen molar-refractivity contribution in [2.45, 2.75) is 44.6 Å². The molecule has 0 radical (unpaired) electrons. The summed E-state index contributed by atoms with van der Waals surface area (Å²) in [6.07, 6.45) is 8.07. The summed E-state index contributed by atoms with van der Waals surface area (Å²) in [4.78, 5) is 0. The fourth-order valence-electron chi connectivity index (χ4n) is 2.74. The van der Waals surface area contributed by atoms with Gasteiger partial charge in [-0.3, -0.25) is 0 Å². The highest BCUT2D eigenvalue weighted by Gasteiger charge is 2.53. The summed E-state index contributed by atoms with van der Waals surface area (Å²) in [6.45, 7) is 2.81. The van der Waals surface area contributed by atoms with Crippen LogP contribution in [0.15, 0.2) is 0 Å². The van der Waals surface area contributed by atoms with E-state index < -0.39 is 0 Å². The number of rotatable bonds is 9. The average Bonchev–Trinajstić information content (AvgIpc) is 3.15. The van der Waals surface area contributed by atoms with E-state index in [1.807, 2.05) is 0 Å². The van der Waals surface area contributed by atoms with Crippen molar-refractivity contribution < 1.29 is 4.74 Å². The Morgan fingerprint density at radius 2 is 2.19 bits per heavy atom. The fourth-order valence-corrected chi connectivity index (χ4v) is 2.74. The zero-order valence-corrected chi connectivity index (χ0v) is 10.5. The van der Waals surface area contributed by atoms with Crippen LogP contribution in [-0.2, 0) is 4.74 Å². The zero-order chi connectivity index (χ0) is 11.4.